The van der Waals surface area contributed by atoms with E-state index >= 15 is 0 Å². The summed E-state index contributed by atoms with van der Waals surface area (Å²) in [5, 5.41) is 3.07. The van der Waals surface area contributed by atoms with Gasteiger partial charge in [-0.05, 0) is 52.6 Å². The molecule has 0 radical (unpaired) electrons. The molecule has 234 valence electrons. The van der Waals surface area contributed by atoms with Gasteiger partial charge in [-0.1, -0.05) is 139 Å². The molecular weight excluding hydrogens is 613 g/mol. The predicted molar refractivity (Wildman–Crippen MR) is 203 cm³/mol. The molecule has 5 nitrogen and oxygen atoms in total. The molecule has 7 aromatic carbocycles. The molecule has 3 heterocycles. The van der Waals surface area contributed by atoms with E-state index in [0.717, 1.165) is 44.2 Å². The van der Waals surface area contributed by atoms with Crippen LogP contribution in [-0.4, -0.2) is 19.5 Å². The van der Waals surface area contributed by atoms with Crippen molar-refractivity contribution in [3.05, 3.63) is 170 Å². The third-order valence-electron chi connectivity index (χ3n) is 9.22. The van der Waals surface area contributed by atoms with Crippen molar-refractivity contribution in [3.63, 3.8) is 0 Å². The molecule has 0 aliphatic carbocycles. The van der Waals surface area contributed by atoms with Crippen molar-refractivity contribution >= 4 is 43.7 Å². The highest BCUT2D eigenvalue weighted by Crippen LogP contribution is 2.39. The molecule has 3 aromatic heterocycles. The molecule has 0 aliphatic heterocycles. The van der Waals surface area contributed by atoms with Gasteiger partial charge in [0.05, 0.1) is 16.5 Å². The van der Waals surface area contributed by atoms with E-state index in [9.17, 15) is 2.74 Å². The number of aromatic nitrogens is 4. The van der Waals surface area contributed by atoms with E-state index < -0.39 is 0 Å². The van der Waals surface area contributed by atoms with Crippen molar-refractivity contribution in [3.8, 4) is 51.0 Å². The van der Waals surface area contributed by atoms with E-state index in [1.54, 1.807) is 4.57 Å². The van der Waals surface area contributed by atoms with Crippen molar-refractivity contribution in [1.29, 1.82) is 0 Å². The Hall–Kier alpha value is -6.85. The Balaban J connectivity index is 1.25. The van der Waals surface area contributed by atoms with Crippen LogP contribution >= 0.6 is 0 Å². The summed E-state index contributed by atoms with van der Waals surface area (Å²) in [4.78, 5) is 15.0. The maximum atomic E-state index is 9.23. The monoisotopic (exact) mass is 644 g/mol. The molecule has 0 spiro atoms. The van der Waals surface area contributed by atoms with Crippen LogP contribution in [0.3, 0.4) is 0 Å². The van der Waals surface area contributed by atoms with Crippen LogP contribution in [0.15, 0.2) is 174 Å². The second-order valence-corrected chi connectivity index (χ2v) is 12.2. The third-order valence-corrected chi connectivity index (χ3v) is 9.22. The highest BCUT2D eigenvalue weighted by Gasteiger charge is 2.20. The van der Waals surface area contributed by atoms with Crippen LogP contribution in [0.2, 0.25) is 0 Å². The van der Waals surface area contributed by atoms with Crippen LogP contribution < -0.4 is 0 Å². The zero-order valence-electron chi connectivity index (χ0n) is 30.6. The van der Waals surface area contributed by atoms with Crippen LogP contribution in [0, 0.1) is 0 Å². The van der Waals surface area contributed by atoms with Gasteiger partial charge in [-0.15, -0.1) is 0 Å². The van der Waals surface area contributed by atoms with E-state index in [2.05, 4.69) is 36.4 Å². The van der Waals surface area contributed by atoms with Gasteiger partial charge in [-0.2, -0.15) is 9.97 Å². The normalized spacial score (nSPS) is 12.7. The van der Waals surface area contributed by atoms with E-state index in [1.807, 2.05) is 109 Å². The maximum Gasteiger partial charge on any atom is 0.238 e. The lowest BCUT2D eigenvalue weighted by Crippen LogP contribution is -2.06. The molecule has 5 heteroatoms. The topological polar surface area (TPSA) is 56.7 Å². The van der Waals surface area contributed by atoms with Gasteiger partial charge in [0.15, 0.2) is 11.6 Å². The van der Waals surface area contributed by atoms with E-state index in [4.69, 9.17) is 22.1 Å². The van der Waals surface area contributed by atoms with E-state index in [1.165, 1.54) is 0 Å². The number of furan rings is 1. The van der Waals surface area contributed by atoms with Crippen LogP contribution in [-0.2, 0) is 0 Å². The van der Waals surface area contributed by atoms with Crippen molar-refractivity contribution < 1.29 is 9.90 Å². The van der Waals surface area contributed by atoms with Gasteiger partial charge in [-0.3, -0.25) is 4.57 Å². The van der Waals surface area contributed by atoms with Gasteiger partial charge < -0.3 is 4.42 Å². The summed E-state index contributed by atoms with van der Waals surface area (Å²) >= 11 is 0. The van der Waals surface area contributed by atoms with E-state index in [0.29, 0.717) is 39.1 Å². The van der Waals surface area contributed by atoms with Crippen LogP contribution in [0.1, 0.15) is 5.48 Å². The lowest BCUT2D eigenvalue weighted by atomic mass is 9.97. The fourth-order valence-corrected chi connectivity index (χ4v) is 6.86. The Kier molecular flexibility index (Phi) is 5.54. The number of rotatable bonds is 5. The first-order valence-electron chi connectivity index (χ1n) is 18.4. The lowest BCUT2D eigenvalue weighted by Gasteiger charge is -2.11. The van der Waals surface area contributed by atoms with Gasteiger partial charge in [-0.25, -0.2) is 4.98 Å². The van der Waals surface area contributed by atoms with Gasteiger partial charge >= 0.3 is 0 Å². The smallest absolute Gasteiger partial charge is 0.238 e. The summed E-state index contributed by atoms with van der Waals surface area (Å²) in [7, 11) is 0. The molecule has 0 saturated heterocycles. The molecular formula is C45H28N4O. The minimum Gasteiger partial charge on any atom is -0.456 e. The molecule has 0 amide bonds. The van der Waals surface area contributed by atoms with Gasteiger partial charge in [0.25, 0.3) is 0 Å². The Morgan fingerprint density at radius 3 is 1.92 bits per heavy atom. The molecule has 0 N–H and O–H groups in total. The molecule has 0 fully saturated rings. The standard InChI is InChI=1S/C45H28N4O/c1-3-12-29(13-4-1)30-22-24-31(25-23-30)34-18-11-20-39-42(34)37-17-7-9-19-38(37)49(39)45-47-43(32-14-5-2-6-15-32)46-44(48-45)33-26-27-36-35-16-8-10-21-40(35)50-41(36)28-33/h1-28H/i7D,9D,17D,19D. The number of benzene rings is 7. The van der Waals surface area contributed by atoms with Crippen molar-refractivity contribution in [1.82, 2.24) is 19.5 Å². The minimum absolute atomic E-state index is 0.129. The number of hydrogen-bond donors (Lipinski definition) is 0. The first kappa shape index (κ1) is 24.3. The Bertz CT molecular complexity index is 3090. The Morgan fingerprint density at radius 1 is 0.460 bits per heavy atom. The number of hydrogen-bond acceptors (Lipinski definition) is 4. The maximum absolute atomic E-state index is 9.23. The summed E-state index contributed by atoms with van der Waals surface area (Å²) in [6.45, 7) is 0. The van der Waals surface area contributed by atoms with Crippen LogP contribution in [0.4, 0.5) is 0 Å². The predicted octanol–water partition coefficient (Wildman–Crippen LogP) is 11.5. The number of fused-ring (bicyclic) bond motifs is 6. The fourth-order valence-electron chi connectivity index (χ4n) is 6.86. The highest BCUT2D eigenvalue weighted by atomic mass is 16.3. The van der Waals surface area contributed by atoms with Gasteiger partial charge in [0.1, 0.15) is 11.2 Å². The summed E-state index contributed by atoms with van der Waals surface area (Å²) < 4.78 is 43.8. The Labute approximate surface area is 293 Å². The average molecular weight is 645 g/mol. The van der Waals surface area contributed by atoms with Gasteiger partial charge in [0, 0.05) is 32.7 Å². The highest BCUT2D eigenvalue weighted by molar-refractivity contribution is 6.15. The molecule has 50 heavy (non-hydrogen) atoms. The summed E-state index contributed by atoms with van der Waals surface area (Å²) in [5.41, 5.74) is 7.81. The molecule has 0 saturated carbocycles. The van der Waals surface area contributed by atoms with Crippen molar-refractivity contribution in [2.24, 2.45) is 0 Å². The van der Waals surface area contributed by atoms with Crippen LogP contribution in [0.25, 0.3) is 94.7 Å². The average Bonchev–Trinajstić information content (AvgIpc) is 3.79. The molecule has 0 aliphatic rings. The molecule has 0 atom stereocenters. The van der Waals surface area contributed by atoms with Crippen LogP contribution in [0.5, 0.6) is 0 Å². The SMILES string of the molecule is [2H]c1c([2H])c([2H])c2c(c1[2H])c1c(-c3ccc(-c4ccccc4)cc3)cccc1n2-c1nc(-c2ccccc2)nc(-c2ccc3c(c2)oc2ccccc23)n1. The second-order valence-electron chi connectivity index (χ2n) is 12.2. The zero-order valence-corrected chi connectivity index (χ0v) is 26.6. The quantitative estimate of drug-likeness (QED) is 0.187. The van der Waals surface area contributed by atoms with Crippen molar-refractivity contribution in [2.75, 3.05) is 0 Å². The van der Waals surface area contributed by atoms with Crippen molar-refractivity contribution in [2.45, 2.75) is 0 Å². The minimum atomic E-state index is -0.335. The first-order chi connectivity index (χ1) is 26.4. The molecule has 10 aromatic rings. The van der Waals surface area contributed by atoms with Gasteiger partial charge in [0.2, 0.25) is 5.95 Å². The molecule has 10 rings (SSSR count). The summed E-state index contributed by atoms with van der Waals surface area (Å²) in [6, 6.07) is 46.7. The van der Waals surface area contributed by atoms with E-state index in [-0.39, 0.29) is 35.6 Å². The summed E-state index contributed by atoms with van der Waals surface area (Å²) in [5.74, 6) is 1.04. The summed E-state index contributed by atoms with van der Waals surface area (Å²) in [6.07, 6.45) is 0. The molecule has 0 bridgehead atoms. The largest absolute Gasteiger partial charge is 0.456 e. The number of para-hydroxylation sites is 2. The number of nitrogens with zero attached hydrogens (tertiary/aromatic N) is 4. The second kappa shape index (κ2) is 11.4. The first-order valence-corrected chi connectivity index (χ1v) is 16.4. The molecule has 0 unspecified atom stereocenters. The lowest BCUT2D eigenvalue weighted by molar-refractivity contribution is 0.669. The fraction of sp³-hybridized carbons (Fsp3) is 0. The zero-order chi connectivity index (χ0) is 36.5. The Morgan fingerprint density at radius 2 is 1.10 bits per heavy atom. The third kappa shape index (κ3) is 4.60.